The zero-order valence-electron chi connectivity index (χ0n) is 20.9. The van der Waals surface area contributed by atoms with Gasteiger partial charge in [-0.15, -0.1) is 11.6 Å². The second kappa shape index (κ2) is 12.6. The molecule has 0 aromatic carbocycles. The van der Waals surface area contributed by atoms with E-state index in [1.54, 1.807) is 0 Å². The molecule has 190 valence electrons. The molecule has 1 saturated carbocycles. The van der Waals surface area contributed by atoms with E-state index < -0.39 is 0 Å². The van der Waals surface area contributed by atoms with Crippen molar-refractivity contribution in [3.63, 3.8) is 0 Å². The van der Waals surface area contributed by atoms with Crippen molar-refractivity contribution in [2.75, 3.05) is 32.1 Å². The lowest BCUT2D eigenvalue weighted by atomic mass is 9.85. The zero-order valence-corrected chi connectivity index (χ0v) is 21.7. The number of allylic oxidation sites excluding steroid dienone is 7. The van der Waals surface area contributed by atoms with Gasteiger partial charge in [0.2, 0.25) is 11.8 Å². The molecule has 3 fully saturated rings. The third-order valence-corrected chi connectivity index (χ3v) is 8.16. The van der Waals surface area contributed by atoms with Crippen LogP contribution in [0.25, 0.3) is 0 Å². The molecule has 1 atom stereocenters. The molecular weight excluding hydrogens is 458 g/mol. The number of hydrogen-bond donors (Lipinski definition) is 0. The second-order valence-corrected chi connectivity index (χ2v) is 10.5. The molecule has 0 bridgehead atoms. The third kappa shape index (κ3) is 6.49. The average molecular weight is 498 g/mol. The lowest BCUT2D eigenvalue weighted by Crippen LogP contribution is -2.53. The van der Waals surface area contributed by atoms with Crippen molar-refractivity contribution in [3.05, 3.63) is 60.5 Å². The molecular formula is C29H40ClN3O2. The van der Waals surface area contributed by atoms with Crippen molar-refractivity contribution >= 4 is 23.4 Å². The van der Waals surface area contributed by atoms with Gasteiger partial charge in [0.05, 0.1) is 6.04 Å². The molecule has 1 unspecified atom stereocenters. The zero-order chi connectivity index (χ0) is 24.6. The van der Waals surface area contributed by atoms with E-state index >= 15 is 0 Å². The molecule has 4 rings (SSSR count). The molecule has 5 nitrogen and oxygen atoms in total. The fourth-order valence-electron chi connectivity index (χ4n) is 5.66. The number of hydrogen-bond acceptors (Lipinski definition) is 3. The van der Waals surface area contributed by atoms with E-state index in [0.717, 1.165) is 75.5 Å². The van der Waals surface area contributed by atoms with Gasteiger partial charge >= 0.3 is 0 Å². The van der Waals surface area contributed by atoms with E-state index in [-0.39, 0.29) is 29.7 Å². The van der Waals surface area contributed by atoms with Gasteiger partial charge in [-0.1, -0.05) is 37.3 Å². The van der Waals surface area contributed by atoms with Crippen LogP contribution >= 0.6 is 11.6 Å². The fraction of sp³-hybridized carbons (Fsp3) is 0.586. The smallest absolute Gasteiger partial charge is 0.242 e. The Hall–Kier alpha value is -2.27. The minimum atomic E-state index is -0.0767. The number of piperidine rings is 2. The Labute approximate surface area is 215 Å². The van der Waals surface area contributed by atoms with Gasteiger partial charge in [-0.3, -0.25) is 9.59 Å². The maximum absolute atomic E-state index is 13.5. The Kier molecular flexibility index (Phi) is 9.31. The van der Waals surface area contributed by atoms with Crippen LogP contribution < -0.4 is 0 Å². The van der Waals surface area contributed by atoms with Crippen LogP contribution in [-0.4, -0.2) is 64.6 Å². The maximum Gasteiger partial charge on any atom is 0.242 e. The summed E-state index contributed by atoms with van der Waals surface area (Å²) in [5.74, 6) is 0.924. The number of alkyl halides is 1. The SMILES string of the molecule is C=C/C(=C\C=C\C1CCC1)N1CCC(C(=O)N2CCCC(N(C(=O)CCl)C3=CCCC=C3)C2)CC1. The molecule has 2 heterocycles. The molecule has 0 N–H and O–H groups in total. The summed E-state index contributed by atoms with van der Waals surface area (Å²) in [4.78, 5) is 32.4. The molecule has 0 aromatic rings. The van der Waals surface area contributed by atoms with Crippen LogP contribution in [0.15, 0.2) is 60.5 Å². The number of halogens is 1. The average Bonchev–Trinajstić information content (AvgIpc) is 2.88. The van der Waals surface area contributed by atoms with Crippen LogP contribution in [0.2, 0.25) is 0 Å². The van der Waals surface area contributed by atoms with Gasteiger partial charge in [0.25, 0.3) is 0 Å². The van der Waals surface area contributed by atoms with Crippen molar-refractivity contribution in [2.24, 2.45) is 11.8 Å². The highest BCUT2D eigenvalue weighted by atomic mass is 35.5. The van der Waals surface area contributed by atoms with Crippen molar-refractivity contribution < 1.29 is 9.59 Å². The second-order valence-electron chi connectivity index (χ2n) is 10.2. The van der Waals surface area contributed by atoms with E-state index in [0.29, 0.717) is 6.54 Å². The fourth-order valence-corrected chi connectivity index (χ4v) is 5.78. The molecule has 6 heteroatoms. The van der Waals surface area contributed by atoms with Crippen LogP contribution in [0.4, 0.5) is 0 Å². The Morgan fingerprint density at radius 3 is 2.49 bits per heavy atom. The lowest BCUT2D eigenvalue weighted by molar-refractivity contribution is -0.141. The summed E-state index contributed by atoms with van der Waals surface area (Å²) in [5, 5.41) is 0. The summed E-state index contributed by atoms with van der Waals surface area (Å²) in [6, 6.07) is -0.00852. The third-order valence-electron chi connectivity index (χ3n) is 7.93. The standard InChI is InChI=1S/C29H40ClN3O2/c1-2-25(14-7-11-23-9-6-10-23)31-19-16-24(17-20-31)29(35)32-18-8-15-27(22-32)33(28(34)21-30)26-12-4-3-5-13-26/h2,4,7,11-14,23-24,27H,1,3,5-6,8-10,15-22H2/b11-7+,25-14+. The maximum atomic E-state index is 13.5. The van der Waals surface area contributed by atoms with E-state index in [4.69, 9.17) is 11.6 Å². The topological polar surface area (TPSA) is 43.9 Å². The summed E-state index contributed by atoms with van der Waals surface area (Å²) in [5.41, 5.74) is 2.08. The highest BCUT2D eigenvalue weighted by Gasteiger charge is 2.35. The molecule has 2 aliphatic carbocycles. The Morgan fingerprint density at radius 2 is 1.86 bits per heavy atom. The first-order valence-electron chi connectivity index (χ1n) is 13.4. The van der Waals surface area contributed by atoms with Gasteiger partial charge in [0.1, 0.15) is 5.88 Å². The molecule has 0 radical (unpaired) electrons. The van der Waals surface area contributed by atoms with Crippen LogP contribution in [0.3, 0.4) is 0 Å². The monoisotopic (exact) mass is 497 g/mol. The van der Waals surface area contributed by atoms with Gasteiger partial charge in [-0.2, -0.15) is 0 Å². The molecule has 35 heavy (non-hydrogen) atoms. The highest BCUT2D eigenvalue weighted by Crippen LogP contribution is 2.29. The largest absolute Gasteiger partial charge is 0.372 e. The van der Waals surface area contributed by atoms with Crippen molar-refractivity contribution in [3.8, 4) is 0 Å². The highest BCUT2D eigenvalue weighted by molar-refractivity contribution is 6.27. The number of likely N-dealkylation sites (tertiary alicyclic amines) is 2. The molecule has 2 aliphatic heterocycles. The van der Waals surface area contributed by atoms with Gasteiger partial charge in [0.15, 0.2) is 0 Å². The molecule has 4 aliphatic rings. The summed E-state index contributed by atoms with van der Waals surface area (Å²) in [7, 11) is 0. The summed E-state index contributed by atoms with van der Waals surface area (Å²) < 4.78 is 0. The molecule has 2 saturated heterocycles. The van der Waals surface area contributed by atoms with E-state index in [1.807, 2.05) is 22.0 Å². The molecule has 0 aromatic heterocycles. The van der Waals surface area contributed by atoms with E-state index in [1.165, 1.54) is 19.3 Å². The van der Waals surface area contributed by atoms with Crippen molar-refractivity contribution in [1.82, 2.24) is 14.7 Å². The quantitative estimate of drug-likeness (QED) is 0.332. The van der Waals surface area contributed by atoms with Crippen LogP contribution in [0.1, 0.15) is 57.8 Å². The number of nitrogens with zero attached hydrogens (tertiary/aromatic N) is 3. The molecule has 2 amide bonds. The number of carbonyl (C=O) groups excluding carboxylic acids is 2. The summed E-state index contributed by atoms with van der Waals surface area (Å²) in [6.07, 6.45) is 24.3. The van der Waals surface area contributed by atoms with Crippen LogP contribution in [0, 0.1) is 11.8 Å². The Balaban J connectivity index is 1.33. The van der Waals surface area contributed by atoms with Crippen molar-refractivity contribution in [2.45, 2.75) is 63.8 Å². The lowest BCUT2D eigenvalue weighted by Gasteiger charge is -2.42. The first-order chi connectivity index (χ1) is 17.1. The first-order valence-corrected chi connectivity index (χ1v) is 13.9. The van der Waals surface area contributed by atoms with Crippen molar-refractivity contribution in [1.29, 1.82) is 0 Å². The summed E-state index contributed by atoms with van der Waals surface area (Å²) in [6.45, 7) is 7.12. The summed E-state index contributed by atoms with van der Waals surface area (Å²) >= 11 is 5.97. The minimum absolute atomic E-state index is 0.00852. The van der Waals surface area contributed by atoms with Gasteiger partial charge in [-0.05, 0) is 75.5 Å². The van der Waals surface area contributed by atoms with Gasteiger partial charge < -0.3 is 14.7 Å². The Bertz CT molecular complexity index is 894. The van der Waals surface area contributed by atoms with Gasteiger partial charge in [-0.25, -0.2) is 0 Å². The number of rotatable bonds is 8. The minimum Gasteiger partial charge on any atom is -0.372 e. The van der Waals surface area contributed by atoms with Crippen LogP contribution in [0.5, 0.6) is 0 Å². The van der Waals surface area contributed by atoms with Gasteiger partial charge in [0, 0.05) is 43.5 Å². The normalized spacial score (nSPS) is 24.3. The number of amides is 2. The van der Waals surface area contributed by atoms with E-state index in [2.05, 4.69) is 41.9 Å². The molecule has 0 spiro atoms. The predicted molar refractivity (Wildman–Crippen MR) is 143 cm³/mol. The Morgan fingerprint density at radius 1 is 1.06 bits per heavy atom. The first kappa shape index (κ1) is 25.8. The van der Waals surface area contributed by atoms with E-state index in [9.17, 15) is 9.59 Å². The number of carbonyl (C=O) groups is 2. The van der Waals surface area contributed by atoms with Crippen LogP contribution in [-0.2, 0) is 9.59 Å². The predicted octanol–water partition coefficient (Wildman–Crippen LogP) is 5.42.